The van der Waals surface area contributed by atoms with E-state index in [1.54, 1.807) is 0 Å². The van der Waals surface area contributed by atoms with Crippen molar-refractivity contribution in [2.75, 3.05) is 0 Å². The van der Waals surface area contributed by atoms with Crippen molar-refractivity contribution < 1.29 is 31.8 Å². The summed E-state index contributed by atoms with van der Waals surface area (Å²) < 4.78 is 34.6. The van der Waals surface area contributed by atoms with E-state index in [9.17, 15) is 13.0 Å². The van der Waals surface area contributed by atoms with Crippen LogP contribution >= 0.6 is 0 Å². The first-order valence-corrected chi connectivity index (χ1v) is 15.4. The van der Waals surface area contributed by atoms with Crippen LogP contribution in [0.1, 0.15) is 168 Å². The van der Waals surface area contributed by atoms with E-state index in [0.29, 0.717) is 12.8 Å². The molecule has 0 saturated carbocycles. The molecule has 0 aromatic heterocycles. The van der Waals surface area contributed by atoms with Crippen molar-refractivity contribution in [2.45, 2.75) is 173 Å². The molecule has 0 aromatic carbocycles. The summed E-state index contributed by atoms with van der Waals surface area (Å²) in [5.41, 5.74) is 0. The second-order valence-electron chi connectivity index (χ2n) is 9.76. The molecule has 0 rings (SSSR count). The Morgan fingerprint density at radius 2 is 0.688 bits per heavy atom. The minimum absolute atomic E-state index is 0. The Labute approximate surface area is 214 Å². The number of hydrogen-bond acceptors (Lipinski definition) is 3. The molecule has 0 aromatic rings. The van der Waals surface area contributed by atoms with Crippen LogP contribution in [-0.4, -0.2) is 18.2 Å². The normalized spacial score (nSPS) is 12.6. The van der Waals surface area contributed by atoms with Gasteiger partial charge in [0, 0.05) is 5.25 Å². The molecular weight excluding hydrogens is 411 g/mol. The van der Waals surface area contributed by atoms with Gasteiger partial charge in [-0.05, 0) is 12.8 Å². The quantitative estimate of drug-likeness (QED) is 0.0900. The molecule has 32 heavy (non-hydrogen) atoms. The Kier molecular flexibility index (Phi) is 28.3. The van der Waals surface area contributed by atoms with E-state index in [-0.39, 0.29) is 18.9 Å². The summed E-state index contributed by atoms with van der Waals surface area (Å²) in [6.07, 6.45) is 29.0. The Bertz CT molecular complexity index is 454. The molecule has 0 saturated heterocycles. The van der Waals surface area contributed by atoms with Crippen LogP contribution in [0.15, 0.2) is 0 Å². The molecule has 0 aliphatic heterocycles. The van der Waals surface area contributed by atoms with Gasteiger partial charge in [0.1, 0.15) is 0 Å². The van der Waals surface area contributed by atoms with Crippen molar-refractivity contribution >= 4 is 10.1 Å². The SMILES string of the molecule is CCCCCCCCCCCCCCCCCCC(CCCCCCCC)S(=O)(=O)[O-].[Li+]. The maximum absolute atomic E-state index is 11.5. The van der Waals surface area contributed by atoms with Gasteiger partial charge in [0.25, 0.3) is 0 Å². The van der Waals surface area contributed by atoms with Gasteiger partial charge in [0.15, 0.2) is 0 Å². The molecule has 0 amide bonds. The molecule has 0 heterocycles. The molecule has 0 N–H and O–H groups in total. The fourth-order valence-electron chi connectivity index (χ4n) is 4.51. The predicted molar refractivity (Wildman–Crippen MR) is 136 cm³/mol. The van der Waals surface area contributed by atoms with E-state index >= 15 is 0 Å². The maximum atomic E-state index is 11.5. The average molecular weight is 467 g/mol. The summed E-state index contributed by atoms with van der Waals surface area (Å²) in [5, 5.41) is -0.648. The molecule has 0 aliphatic rings. The first-order valence-electron chi connectivity index (χ1n) is 14.0. The zero-order valence-electron chi connectivity index (χ0n) is 22.2. The molecule has 0 spiro atoms. The summed E-state index contributed by atoms with van der Waals surface area (Å²) in [6.45, 7) is 4.47. The van der Waals surface area contributed by atoms with Gasteiger partial charge in [-0.1, -0.05) is 155 Å². The van der Waals surface area contributed by atoms with Crippen LogP contribution in [0.5, 0.6) is 0 Å². The zero-order chi connectivity index (χ0) is 23.0. The van der Waals surface area contributed by atoms with E-state index in [4.69, 9.17) is 0 Å². The van der Waals surface area contributed by atoms with Crippen LogP contribution in [0, 0.1) is 0 Å². The van der Waals surface area contributed by atoms with Gasteiger partial charge in [-0.25, -0.2) is 8.42 Å². The largest absolute Gasteiger partial charge is 1.00 e. The minimum Gasteiger partial charge on any atom is -0.748 e. The van der Waals surface area contributed by atoms with E-state index < -0.39 is 15.4 Å². The fourth-order valence-corrected chi connectivity index (χ4v) is 5.42. The van der Waals surface area contributed by atoms with Crippen LogP contribution in [-0.2, 0) is 10.1 Å². The average Bonchev–Trinajstić information content (AvgIpc) is 2.73. The van der Waals surface area contributed by atoms with Gasteiger partial charge in [-0.3, -0.25) is 0 Å². The van der Waals surface area contributed by atoms with Crippen LogP contribution in [0.25, 0.3) is 0 Å². The molecule has 0 fully saturated rings. The summed E-state index contributed by atoms with van der Waals surface area (Å²) in [6, 6.07) is 0. The first kappa shape index (κ1) is 34.7. The first-order chi connectivity index (χ1) is 15.0. The van der Waals surface area contributed by atoms with E-state index in [1.807, 2.05) is 0 Å². The summed E-state index contributed by atoms with van der Waals surface area (Å²) in [5.74, 6) is 0. The third-order valence-corrected chi connectivity index (χ3v) is 7.96. The van der Waals surface area contributed by atoms with Gasteiger partial charge in [0.05, 0.1) is 10.1 Å². The number of hydrogen-bond donors (Lipinski definition) is 0. The molecule has 1 unspecified atom stereocenters. The Morgan fingerprint density at radius 1 is 0.469 bits per heavy atom. The van der Waals surface area contributed by atoms with Gasteiger partial charge in [0.2, 0.25) is 0 Å². The molecule has 5 heteroatoms. The Balaban J connectivity index is 0. The third kappa shape index (κ3) is 25.1. The summed E-state index contributed by atoms with van der Waals surface area (Å²) in [4.78, 5) is 0. The smallest absolute Gasteiger partial charge is 0.748 e. The Hall–Kier alpha value is 0.507. The zero-order valence-corrected chi connectivity index (χ0v) is 23.0. The van der Waals surface area contributed by atoms with Crippen LogP contribution < -0.4 is 18.9 Å². The van der Waals surface area contributed by atoms with Crippen molar-refractivity contribution in [2.24, 2.45) is 0 Å². The van der Waals surface area contributed by atoms with E-state index in [1.165, 1.54) is 116 Å². The van der Waals surface area contributed by atoms with Crippen molar-refractivity contribution in [1.82, 2.24) is 0 Å². The number of rotatable bonds is 25. The standard InChI is InChI=1S/C27H56O3S.Li/c1-3-5-7-9-11-12-13-14-15-16-17-18-19-20-22-24-26-27(31(28,29)30)25-23-21-10-8-6-4-2;/h27H,3-26H2,1-2H3,(H,28,29,30);/q;+1/p-1. The fraction of sp³-hybridized carbons (Fsp3) is 1.00. The second-order valence-corrected chi connectivity index (χ2v) is 11.4. The maximum Gasteiger partial charge on any atom is 1.00 e. The topological polar surface area (TPSA) is 57.2 Å². The monoisotopic (exact) mass is 466 g/mol. The Morgan fingerprint density at radius 3 is 0.906 bits per heavy atom. The van der Waals surface area contributed by atoms with Crippen LogP contribution in [0.3, 0.4) is 0 Å². The molecule has 3 nitrogen and oxygen atoms in total. The van der Waals surface area contributed by atoms with Gasteiger partial charge >= 0.3 is 18.9 Å². The van der Waals surface area contributed by atoms with E-state index in [2.05, 4.69) is 13.8 Å². The van der Waals surface area contributed by atoms with Gasteiger partial charge in [-0.15, -0.1) is 0 Å². The molecular formula is C27H55LiO3S. The van der Waals surface area contributed by atoms with Gasteiger partial charge in [-0.2, -0.15) is 0 Å². The molecule has 1 atom stereocenters. The molecule has 0 aliphatic carbocycles. The third-order valence-electron chi connectivity index (χ3n) is 6.67. The van der Waals surface area contributed by atoms with Crippen molar-refractivity contribution in [1.29, 1.82) is 0 Å². The van der Waals surface area contributed by atoms with E-state index in [0.717, 1.165) is 25.7 Å². The van der Waals surface area contributed by atoms with Crippen molar-refractivity contribution in [3.63, 3.8) is 0 Å². The van der Waals surface area contributed by atoms with Crippen LogP contribution in [0.2, 0.25) is 0 Å². The van der Waals surface area contributed by atoms with Gasteiger partial charge < -0.3 is 4.55 Å². The van der Waals surface area contributed by atoms with Crippen LogP contribution in [0.4, 0.5) is 0 Å². The summed E-state index contributed by atoms with van der Waals surface area (Å²) >= 11 is 0. The minimum atomic E-state index is -4.13. The molecule has 188 valence electrons. The van der Waals surface area contributed by atoms with Crippen molar-refractivity contribution in [3.8, 4) is 0 Å². The number of unbranched alkanes of at least 4 members (excludes halogenated alkanes) is 20. The second kappa shape index (κ2) is 26.1. The summed E-state index contributed by atoms with van der Waals surface area (Å²) in [7, 11) is -4.13. The van der Waals surface area contributed by atoms with Crippen molar-refractivity contribution in [3.05, 3.63) is 0 Å². The molecule has 0 bridgehead atoms. The molecule has 0 radical (unpaired) electrons. The predicted octanol–water partition coefficient (Wildman–Crippen LogP) is 6.31.